The second-order valence-corrected chi connectivity index (χ2v) is 6.07. The van der Waals surface area contributed by atoms with Crippen molar-refractivity contribution in [1.82, 2.24) is 0 Å². The Labute approximate surface area is 148 Å². The van der Waals surface area contributed by atoms with Gasteiger partial charge in [0.2, 0.25) is 0 Å². The van der Waals surface area contributed by atoms with Crippen molar-refractivity contribution >= 4 is 37.2 Å². The number of ether oxygens (including phenoxy) is 5. The minimum Gasteiger partial charge on any atom is -0.462 e. The predicted octanol–water partition coefficient (Wildman–Crippen LogP) is 0.759. The van der Waals surface area contributed by atoms with Gasteiger partial charge < -0.3 is 23.7 Å². The molecular weight excluding hydrogens is 344 g/mol. The van der Waals surface area contributed by atoms with Crippen LogP contribution in [-0.2, 0) is 33.3 Å². The van der Waals surface area contributed by atoms with Crippen molar-refractivity contribution in [1.29, 1.82) is 0 Å². The normalized spacial score (nSPS) is 13.4. The molecule has 0 aromatic heterocycles. The number of hydrogen-bond donors (Lipinski definition) is 2. The first-order valence-electron chi connectivity index (χ1n) is 7.37. The number of rotatable bonds is 14. The Hall–Kier alpha value is -0.480. The summed E-state index contributed by atoms with van der Waals surface area (Å²) in [7, 11) is 0. The fourth-order valence-electron chi connectivity index (χ4n) is 1.19. The largest absolute Gasteiger partial charge is 0.462 e. The van der Waals surface area contributed by atoms with Crippen LogP contribution in [0.5, 0.6) is 0 Å². The molecule has 9 heteroatoms. The zero-order valence-corrected chi connectivity index (χ0v) is 15.4. The van der Waals surface area contributed by atoms with Crippen molar-refractivity contribution in [3.8, 4) is 0 Å². The molecule has 0 radical (unpaired) electrons. The first-order valence-corrected chi connectivity index (χ1v) is 8.41. The summed E-state index contributed by atoms with van der Waals surface area (Å²) < 4.78 is 25.5. The Morgan fingerprint density at radius 2 is 0.913 bits per heavy atom. The van der Waals surface area contributed by atoms with Gasteiger partial charge in [-0.1, -0.05) is 0 Å². The highest BCUT2D eigenvalue weighted by Gasteiger charge is 2.08. The van der Waals surface area contributed by atoms with E-state index in [9.17, 15) is 9.59 Å². The monoisotopic (exact) mass is 370 g/mol. The van der Waals surface area contributed by atoms with Crippen molar-refractivity contribution in [3.63, 3.8) is 0 Å². The molecule has 0 saturated heterocycles. The van der Waals surface area contributed by atoms with Crippen molar-refractivity contribution in [3.05, 3.63) is 0 Å². The summed E-state index contributed by atoms with van der Waals surface area (Å²) in [5, 5.41) is -0.855. The van der Waals surface area contributed by atoms with E-state index in [0.717, 1.165) is 0 Å². The van der Waals surface area contributed by atoms with Crippen molar-refractivity contribution in [2.75, 3.05) is 52.9 Å². The van der Waals surface area contributed by atoms with Crippen LogP contribution < -0.4 is 0 Å². The van der Waals surface area contributed by atoms with Gasteiger partial charge >= 0.3 is 11.9 Å². The summed E-state index contributed by atoms with van der Waals surface area (Å²) in [5.41, 5.74) is 0. The molecule has 7 nitrogen and oxygen atoms in total. The van der Waals surface area contributed by atoms with Crippen LogP contribution in [0, 0.1) is 0 Å². The van der Waals surface area contributed by atoms with E-state index >= 15 is 0 Å². The molecule has 0 saturated carbocycles. The molecule has 0 aromatic carbocycles. The Morgan fingerprint density at radius 1 is 0.652 bits per heavy atom. The van der Waals surface area contributed by atoms with E-state index in [-0.39, 0.29) is 25.2 Å². The molecule has 0 N–H and O–H groups in total. The third-order valence-electron chi connectivity index (χ3n) is 2.37. The molecule has 0 rings (SSSR count). The third kappa shape index (κ3) is 14.8. The van der Waals surface area contributed by atoms with Crippen LogP contribution in [0.2, 0.25) is 0 Å². The standard InChI is InChI=1S/C14H26O7S2/c1-11(22)13(15)20-9-7-18-5-3-17-4-6-19-8-10-21-14(16)12(2)23/h11-12,22-23H,3-10H2,1-2H3. The number of esters is 2. The maximum atomic E-state index is 11.1. The van der Waals surface area contributed by atoms with Crippen molar-refractivity contribution in [2.45, 2.75) is 24.3 Å². The van der Waals surface area contributed by atoms with Crippen LogP contribution in [0.1, 0.15) is 13.8 Å². The first kappa shape index (κ1) is 22.5. The number of carbonyl (C=O) groups is 2. The zero-order chi connectivity index (χ0) is 17.5. The SMILES string of the molecule is CC(S)C(=O)OCCOCCOCCOCCOC(=O)C(C)S. The molecule has 0 amide bonds. The molecule has 0 aliphatic rings. The molecule has 136 valence electrons. The molecule has 0 fully saturated rings. The lowest BCUT2D eigenvalue weighted by atomic mass is 10.5. The van der Waals surface area contributed by atoms with Gasteiger partial charge in [-0.3, -0.25) is 9.59 Å². The van der Waals surface area contributed by atoms with Crippen LogP contribution in [0.4, 0.5) is 0 Å². The third-order valence-corrected chi connectivity index (χ3v) is 2.79. The summed E-state index contributed by atoms with van der Waals surface area (Å²) in [5.74, 6) is -0.723. The van der Waals surface area contributed by atoms with E-state index in [0.29, 0.717) is 39.6 Å². The number of thiol groups is 2. The highest BCUT2D eigenvalue weighted by Crippen LogP contribution is 1.96. The fourth-order valence-corrected chi connectivity index (χ4v) is 1.33. The van der Waals surface area contributed by atoms with E-state index in [4.69, 9.17) is 23.7 Å². The van der Waals surface area contributed by atoms with Crippen LogP contribution in [0.25, 0.3) is 0 Å². The van der Waals surface area contributed by atoms with Gasteiger partial charge in [0.15, 0.2) is 0 Å². The van der Waals surface area contributed by atoms with E-state index in [1.807, 2.05) is 0 Å². The van der Waals surface area contributed by atoms with E-state index in [1.54, 1.807) is 13.8 Å². The second-order valence-electron chi connectivity index (χ2n) is 4.52. The second kappa shape index (κ2) is 15.1. The van der Waals surface area contributed by atoms with Gasteiger partial charge in [-0.25, -0.2) is 0 Å². The molecular formula is C14H26O7S2. The van der Waals surface area contributed by atoms with Gasteiger partial charge in [-0.2, -0.15) is 25.3 Å². The Morgan fingerprint density at radius 3 is 1.17 bits per heavy atom. The van der Waals surface area contributed by atoms with Gasteiger partial charge in [0.1, 0.15) is 13.2 Å². The summed E-state index contributed by atoms with van der Waals surface area (Å²) >= 11 is 7.90. The Balaban J connectivity index is 3.17. The van der Waals surface area contributed by atoms with Crippen molar-refractivity contribution in [2.24, 2.45) is 0 Å². The van der Waals surface area contributed by atoms with E-state index < -0.39 is 10.5 Å². The molecule has 0 aliphatic carbocycles. The van der Waals surface area contributed by atoms with E-state index in [2.05, 4.69) is 25.3 Å². The molecule has 0 heterocycles. The zero-order valence-electron chi connectivity index (χ0n) is 13.6. The number of hydrogen-bond acceptors (Lipinski definition) is 9. The van der Waals surface area contributed by atoms with Gasteiger partial charge in [-0.15, -0.1) is 0 Å². The van der Waals surface area contributed by atoms with Crippen molar-refractivity contribution < 1.29 is 33.3 Å². The number of carbonyl (C=O) groups excluding carboxylic acids is 2. The van der Waals surface area contributed by atoms with Gasteiger partial charge in [0.05, 0.1) is 50.1 Å². The van der Waals surface area contributed by atoms with Crippen LogP contribution in [0.3, 0.4) is 0 Å². The fraction of sp³-hybridized carbons (Fsp3) is 0.857. The highest BCUT2D eigenvalue weighted by atomic mass is 32.1. The van der Waals surface area contributed by atoms with Gasteiger partial charge in [-0.05, 0) is 13.8 Å². The smallest absolute Gasteiger partial charge is 0.318 e. The minimum absolute atomic E-state index is 0.205. The molecule has 0 aliphatic heterocycles. The molecule has 0 spiro atoms. The highest BCUT2D eigenvalue weighted by molar-refractivity contribution is 7.81. The summed E-state index contributed by atoms with van der Waals surface area (Å²) in [6.45, 7) is 6.00. The van der Waals surface area contributed by atoms with Gasteiger partial charge in [0, 0.05) is 0 Å². The molecule has 0 aromatic rings. The molecule has 2 unspecified atom stereocenters. The quantitative estimate of drug-likeness (QED) is 0.265. The van der Waals surface area contributed by atoms with Crippen LogP contribution >= 0.6 is 25.3 Å². The summed E-state index contributed by atoms with van der Waals surface area (Å²) in [6.07, 6.45) is 0. The predicted molar refractivity (Wildman–Crippen MR) is 91.3 cm³/mol. The van der Waals surface area contributed by atoms with Gasteiger partial charge in [0.25, 0.3) is 0 Å². The first-order chi connectivity index (χ1) is 10.9. The molecule has 0 bridgehead atoms. The minimum atomic E-state index is -0.428. The Kier molecular flexibility index (Phi) is 14.8. The maximum Gasteiger partial charge on any atom is 0.318 e. The lowest BCUT2D eigenvalue weighted by molar-refractivity contribution is -0.144. The summed E-state index contributed by atoms with van der Waals surface area (Å²) in [6, 6.07) is 0. The van der Waals surface area contributed by atoms with Crippen LogP contribution in [-0.4, -0.2) is 75.3 Å². The van der Waals surface area contributed by atoms with Crippen LogP contribution in [0.15, 0.2) is 0 Å². The maximum absolute atomic E-state index is 11.1. The Bertz CT molecular complexity index is 294. The average molecular weight is 370 g/mol. The lowest BCUT2D eigenvalue weighted by Gasteiger charge is -2.09. The topological polar surface area (TPSA) is 80.3 Å². The summed E-state index contributed by atoms with van der Waals surface area (Å²) in [4.78, 5) is 22.1. The average Bonchev–Trinajstić information content (AvgIpc) is 2.50. The lowest BCUT2D eigenvalue weighted by Crippen LogP contribution is -2.19. The molecule has 23 heavy (non-hydrogen) atoms. The molecule has 2 atom stereocenters. The van der Waals surface area contributed by atoms with E-state index in [1.165, 1.54) is 0 Å².